The van der Waals surface area contributed by atoms with E-state index in [4.69, 9.17) is 21.1 Å². The Labute approximate surface area is 246 Å². The zero-order valence-corrected chi connectivity index (χ0v) is 24.7. The molecule has 0 saturated carbocycles. The molecule has 214 valence electrons. The third-order valence-corrected chi connectivity index (χ3v) is 7.82. The number of carbonyl (C=O) groups excluding carboxylic acids is 1. The molecule has 0 bridgehead atoms. The number of fused-ring (bicyclic) bond motifs is 1. The van der Waals surface area contributed by atoms with E-state index in [0.29, 0.717) is 58.8 Å². The van der Waals surface area contributed by atoms with Crippen LogP contribution in [0.5, 0.6) is 17.2 Å². The standard InChI is InChI=1S/C33H36ClN3O4/c1-5-7-10-15-41-26-14-13-22(18-27(26)40-6-2)32-29-30(28-21(4)16-20(3)17-25(28)38)35-36-31(29)33(39)37(32)19-23-11-8-9-12-24(23)34/h8-9,11-14,16-18,32,38H,5-7,10,15,19H2,1-4H3,(H,35,36). The maximum atomic E-state index is 13.9. The summed E-state index contributed by atoms with van der Waals surface area (Å²) < 4.78 is 12.1. The van der Waals surface area contributed by atoms with E-state index in [1.54, 1.807) is 11.0 Å². The number of carbonyl (C=O) groups is 1. The second-order valence-corrected chi connectivity index (χ2v) is 10.9. The van der Waals surface area contributed by atoms with E-state index in [-0.39, 0.29) is 11.7 Å². The summed E-state index contributed by atoms with van der Waals surface area (Å²) in [5, 5.41) is 19.1. The van der Waals surface area contributed by atoms with Gasteiger partial charge in [0.25, 0.3) is 5.91 Å². The van der Waals surface area contributed by atoms with Gasteiger partial charge in [0.1, 0.15) is 17.1 Å². The molecule has 0 aliphatic carbocycles. The highest BCUT2D eigenvalue weighted by Gasteiger charge is 2.43. The number of benzene rings is 3. The number of hydrogen-bond donors (Lipinski definition) is 2. The zero-order valence-electron chi connectivity index (χ0n) is 24.0. The van der Waals surface area contributed by atoms with E-state index in [2.05, 4.69) is 17.1 Å². The van der Waals surface area contributed by atoms with Gasteiger partial charge < -0.3 is 19.5 Å². The SMILES string of the molecule is CCCCCOc1ccc(C2c3c(-c4c(C)cc(C)cc4O)n[nH]c3C(=O)N2Cc2ccccc2Cl)cc1OCC. The van der Waals surface area contributed by atoms with Crippen LogP contribution in [-0.2, 0) is 6.54 Å². The fourth-order valence-electron chi connectivity index (χ4n) is 5.58. The molecule has 1 aliphatic rings. The maximum Gasteiger partial charge on any atom is 0.273 e. The monoisotopic (exact) mass is 573 g/mol. The minimum absolute atomic E-state index is 0.124. The van der Waals surface area contributed by atoms with Gasteiger partial charge >= 0.3 is 0 Å². The van der Waals surface area contributed by atoms with E-state index < -0.39 is 6.04 Å². The number of phenolic OH excluding ortho intramolecular Hbond substituents is 1. The molecular weight excluding hydrogens is 538 g/mol. The van der Waals surface area contributed by atoms with Crippen molar-refractivity contribution in [3.05, 3.63) is 93.1 Å². The quantitative estimate of drug-likeness (QED) is 0.179. The molecule has 7 nitrogen and oxygen atoms in total. The van der Waals surface area contributed by atoms with Crippen molar-refractivity contribution >= 4 is 17.5 Å². The number of phenols is 1. The van der Waals surface area contributed by atoms with Crippen molar-refractivity contribution in [3.8, 4) is 28.5 Å². The molecule has 1 aromatic heterocycles. The van der Waals surface area contributed by atoms with E-state index in [0.717, 1.165) is 41.5 Å². The number of hydrogen-bond acceptors (Lipinski definition) is 5. The number of nitrogens with one attached hydrogen (secondary N) is 1. The van der Waals surface area contributed by atoms with Crippen LogP contribution in [0.1, 0.15) is 77.5 Å². The number of H-pyrrole nitrogens is 1. The molecule has 3 aromatic carbocycles. The molecule has 0 fully saturated rings. The number of aromatic nitrogens is 2. The Morgan fingerprint density at radius 3 is 2.56 bits per heavy atom. The van der Waals surface area contributed by atoms with Gasteiger partial charge in [0.2, 0.25) is 0 Å². The number of nitrogens with zero attached hydrogens (tertiary/aromatic N) is 2. The van der Waals surface area contributed by atoms with Crippen LogP contribution in [0, 0.1) is 13.8 Å². The normalized spacial score (nSPS) is 14.4. The number of ether oxygens (including phenoxy) is 2. The van der Waals surface area contributed by atoms with Crippen molar-refractivity contribution in [2.24, 2.45) is 0 Å². The topological polar surface area (TPSA) is 87.7 Å². The molecule has 2 N–H and O–H groups in total. The molecule has 2 heterocycles. The van der Waals surface area contributed by atoms with Gasteiger partial charge in [-0.25, -0.2) is 0 Å². The van der Waals surface area contributed by atoms with Crippen molar-refractivity contribution in [2.45, 2.75) is 59.5 Å². The first-order valence-electron chi connectivity index (χ1n) is 14.2. The summed E-state index contributed by atoms with van der Waals surface area (Å²) >= 11 is 6.54. The lowest BCUT2D eigenvalue weighted by molar-refractivity contribution is 0.0730. The number of unbranched alkanes of at least 4 members (excludes halogenated alkanes) is 2. The van der Waals surface area contributed by atoms with Crippen LogP contribution in [0.15, 0.2) is 54.6 Å². The Hall–Kier alpha value is -3.97. The smallest absolute Gasteiger partial charge is 0.273 e. The van der Waals surface area contributed by atoms with Gasteiger partial charge in [0.15, 0.2) is 11.5 Å². The number of amides is 1. The molecule has 1 aliphatic heterocycles. The largest absolute Gasteiger partial charge is 0.507 e. The van der Waals surface area contributed by atoms with Crippen molar-refractivity contribution in [1.29, 1.82) is 0 Å². The summed E-state index contributed by atoms with van der Waals surface area (Å²) in [5.41, 5.74) is 5.76. The number of aryl methyl sites for hydroxylation is 2. The van der Waals surface area contributed by atoms with Crippen LogP contribution >= 0.6 is 11.6 Å². The van der Waals surface area contributed by atoms with Crippen LogP contribution < -0.4 is 9.47 Å². The van der Waals surface area contributed by atoms with Crippen LogP contribution in [0.4, 0.5) is 0 Å². The Balaban J connectivity index is 1.64. The number of aromatic hydroxyl groups is 1. The van der Waals surface area contributed by atoms with Crippen molar-refractivity contribution in [3.63, 3.8) is 0 Å². The Bertz CT molecular complexity index is 1540. The predicted molar refractivity (Wildman–Crippen MR) is 161 cm³/mol. The van der Waals surface area contributed by atoms with Gasteiger partial charge in [-0.3, -0.25) is 9.89 Å². The maximum absolute atomic E-state index is 13.9. The van der Waals surface area contributed by atoms with E-state index in [1.165, 1.54) is 0 Å². The van der Waals surface area contributed by atoms with Crippen molar-refractivity contribution < 1.29 is 19.4 Å². The highest BCUT2D eigenvalue weighted by Crippen LogP contribution is 2.47. The number of halogens is 1. The average Bonchev–Trinajstić information content (AvgIpc) is 3.47. The lowest BCUT2D eigenvalue weighted by atomic mass is 9.93. The molecule has 41 heavy (non-hydrogen) atoms. The second kappa shape index (κ2) is 12.3. The molecule has 1 amide bonds. The van der Waals surface area contributed by atoms with Crippen LogP contribution in [0.2, 0.25) is 5.02 Å². The van der Waals surface area contributed by atoms with Gasteiger partial charge in [-0.15, -0.1) is 0 Å². The van der Waals surface area contributed by atoms with Gasteiger partial charge in [0, 0.05) is 22.7 Å². The van der Waals surface area contributed by atoms with Crippen LogP contribution in [0.3, 0.4) is 0 Å². The summed E-state index contributed by atoms with van der Waals surface area (Å²) in [7, 11) is 0. The molecular formula is C33H36ClN3O4. The lowest BCUT2D eigenvalue weighted by Crippen LogP contribution is -2.29. The molecule has 4 aromatic rings. The number of aromatic amines is 1. The van der Waals surface area contributed by atoms with Crippen molar-refractivity contribution in [2.75, 3.05) is 13.2 Å². The average molecular weight is 574 g/mol. The fourth-order valence-corrected chi connectivity index (χ4v) is 5.77. The predicted octanol–water partition coefficient (Wildman–Crippen LogP) is 7.77. The minimum atomic E-state index is -0.504. The van der Waals surface area contributed by atoms with E-state index in [9.17, 15) is 9.90 Å². The summed E-state index contributed by atoms with van der Waals surface area (Å²) in [6.45, 7) is 9.34. The zero-order chi connectivity index (χ0) is 29.1. The molecule has 1 atom stereocenters. The van der Waals surface area contributed by atoms with Gasteiger partial charge in [-0.2, -0.15) is 5.10 Å². The molecule has 8 heteroatoms. The molecule has 5 rings (SSSR count). The summed E-state index contributed by atoms with van der Waals surface area (Å²) in [6.07, 6.45) is 3.18. The van der Waals surface area contributed by atoms with Gasteiger partial charge in [-0.1, -0.05) is 61.7 Å². The van der Waals surface area contributed by atoms with Crippen LogP contribution in [-0.4, -0.2) is 39.3 Å². The van der Waals surface area contributed by atoms with E-state index >= 15 is 0 Å². The molecule has 0 radical (unpaired) electrons. The Morgan fingerprint density at radius 2 is 1.83 bits per heavy atom. The van der Waals surface area contributed by atoms with Crippen LogP contribution in [0.25, 0.3) is 11.3 Å². The minimum Gasteiger partial charge on any atom is -0.507 e. The first kappa shape index (κ1) is 28.6. The Morgan fingerprint density at radius 1 is 1.02 bits per heavy atom. The summed E-state index contributed by atoms with van der Waals surface area (Å²) in [4.78, 5) is 15.7. The second-order valence-electron chi connectivity index (χ2n) is 10.5. The van der Waals surface area contributed by atoms with Gasteiger partial charge in [-0.05, 0) is 73.7 Å². The lowest BCUT2D eigenvalue weighted by Gasteiger charge is -2.27. The van der Waals surface area contributed by atoms with Crippen molar-refractivity contribution in [1.82, 2.24) is 15.1 Å². The summed E-state index contributed by atoms with van der Waals surface area (Å²) in [5.74, 6) is 1.23. The van der Waals surface area contributed by atoms with E-state index in [1.807, 2.05) is 69.3 Å². The first-order valence-corrected chi connectivity index (χ1v) is 14.5. The number of rotatable bonds is 11. The fraction of sp³-hybridized carbons (Fsp3) is 0.333. The Kier molecular flexibility index (Phi) is 8.54. The molecule has 0 spiro atoms. The third kappa shape index (κ3) is 5.64. The first-order chi connectivity index (χ1) is 19.8. The highest BCUT2D eigenvalue weighted by molar-refractivity contribution is 6.31. The molecule has 0 saturated heterocycles. The molecule has 1 unspecified atom stereocenters. The van der Waals surface area contributed by atoms with Gasteiger partial charge in [0.05, 0.1) is 19.3 Å². The third-order valence-electron chi connectivity index (χ3n) is 7.45. The highest BCUT2D eigenvalue weighted by atomic mass is 35.5. The summed E-state index contributed by atoms with van der Waals surface area (Å²) in [6, 6.07) is 16.6.